The van der Waals surface area contributed by atoms with Gasteiger partial charge in [-0.2, -0.15) is 5.26 Å². The van der Waals surface area contributed by atoms with Crippen molar-refractivity contribution in [1.82, 2.24) is 0 Å². The summed E-state index contributed by atoms with van der Waals surface area (Å²) in [6, 6.07) is 2.63. The predicted octanol–water partition coefficient (Wildman–Crippen LogP) is 8.12. The Morgan fingerprint density at radius 2 is 1.47 bits per heavy atom. The lowest BCUT2D eigenvalue weighted by atomic mass is 9.69. The van der Waals surface area contributed by atoms with E-state index in [2.05, 4.69) is 19.9 Å². The molecule has 0 amide bonds. The van der Waals surface area contributed by atoms with Gasteiger partial charge in [-0.1, -0.05) is 78.1 Å². The first kappa shape index (κ1) is 25.2. The van der Waals surface area contributed by atoms with Crippen LogP contribution in [-0.4, -0.2) is 12.1 Å². The van der Waals surface area contributed by atoms with E-state index >= 15 is 0 Å². The second-order valence-corrected chi connectivity index (χ2v) is 10.3. The third-order valence-corrected chi connectivity index (χ3v) is 7.81. The molecular weight excluding hydrogens is 370 g/mol. The van der Waals surface area contributed by atoms with Crippen molar-refractivity contribution >= 4 is 5.97 Å². The number of hydrogen-bond acceptors (Lipinski definition) is 3. The summed E-state index contributed by atoms with van der Waals surface area (Å²) in [7, 11) is 0. The molecule has 0 saturated heterocycles. The highest BCUT2D eigenvalue weighted by atomic mass is 16.5. The van der Waals surface area contributed by atoms with E-state index in [0.29, 0.717) is 0 Å². The minimum absolute atomic E-state index is 0.0240. The van der Waals surface area contributed by atoms with Gasteiger partial charge in [0.2, 0.25) is 0 Å². The van der Waals surface area contributed by atoms with Crippen molar-refractivity contribution < 1.29 is 9.53 Å². The third-order valence-electron chi connectivity index (χ3n) is 7.81. The Hall–Kier alpha value is -1.04. The molecule has 172 valence electrons. The van der Waals surface area contributed by atoms with Crippen molar-refractivity contribution in [3.8, 4) is 6.07 Å². The Balaban J connectivity index is 1.64. The molecule has 0 spiro atoms. The Labute approximate surface area is 186 Å². The van der Waals surface area contributed by atoms with Gasteiger partial charge in [-0.05, 0) is 63.7 Å². The molecular formula is C27H47NO2. The largest absolute Gasteiger partial charge is 0.462 e. The summed E-state index contributed by atoms with van der Waals surface area (Å²) in [5, 5.41) is 9.78. The molecule has 2 aliphatic rings. The smallest absolute Gasteiger partial charge is 0.309 e. The topological polar surface area (TPSA) is 50.1 Å². The van der Waals surface area contributed by atoms with Gasteiger partial charge >= 0.3 is 5.97 Å². The van der Waals surface area contributed by atoms with Gasteiger partial charge in [-0.3, -0.25) is 4.79 Å². The average Bonchev–Trinajstić information content (AvgIpc) is 2.78. The third kappa shape index (κ3) is 8.60. The molecule has 3 heteroatoms. The Morgan fingerprint density at radius 3 is 2.07 bits per heavy atom. The molecule has 0 N–H and O–H groups in total. The SMILES string of the molecule is CCCCCCCC1(C#N)CCC(C(=O)OC2CCC(CCCCCC)CC2)CC1. The van der Waals surface area contributed by atoms with Gasteiger partial charge < -0.3 is 4.74 Å². The number of ether oxygens (including phenoxy) is 1. The van der Waals surface area contributed by atoms with Crippen LogP contribution in [-0.2, 0) is 9.53 Å². The van der Waals surface area contributed by atoms with Gasteiger partial charge in [0.25, 0.3) is 0 Å². The summed E-state index contributed by atoms with van der Waals surface area (Å²) < 4.78 is 5.93. The van der Waals surface area contributed by atoms with Crippen LogP contribution in [0.1, 0.15) is 136 Å². The summed E-state index contributed by atoms with van der Waals surface area (Å²) in [6.45, 7) is 4.50. The molecule has 0 heterocycles. The average molecular weight is 418 g/mol. The maximum atomic E-state index is 12.7. The van der Waals surface area contributed by atoms with Crippen LogP contribution in [0.5, 0.6) is 0 Å². The summed E-state index contributed by atoms with van der Waals surface area (Å²) in [4.78, 5) is 12.7. The van der Waals surface area contributed by atoms with Gasteiger partial charge in [0.1, 0.15) is 6.10 Å². The minimum atomic E-state index is -0.182. The van der Waals surface area contributed by atoms with Crippen LogP contribution in [0.15, 0.2) is 0 Å². The van der Waals surface area contributed by atoms with E-state index < -0.39 is 0 Å². The van der Waals surface area contributed by atoms with Gasteiger partial charge in [0.15, 0.2) is 0 Å². The van der Waals surface area contributed by atoms with Crippen LogP contribution in [0.4, 0.5) is 0 Å². The van der Waals surface area contributed by atoms with Gasteiger partial charge in [0, 0.05) is 0 Å². The lowest BCUT2D eigenvalue weighted by Gasteiger charge is -2.35. The van der Waals surface area contributed by atoms with Crippen molar-refractivity contribution in [3.63, 3.8) is 0 Å². The lowest BCUT2D eigenvalue weighted by molar-refractivity contribution is -0.157. The van der Waals surface area contributed by atoms with Crippen LogP contribution < -0.4 is 0 Å². The maximum absolute atomic E-state index is 12.7. The molecule has 0 unspecified atom stereocenters. The van der Waals surface area contributed by atoms with Crippen LogP contribution in [0.3, 0.4) is 0 Å². The van der Waals surface area contributed by atoms with Crippen molar-refractivity contribution in [3.05, 3.63) is 0 Å². The minimum Gasteiger partial charge on any atom is -0.462 e. The van der Waals surface area contributed by atoms with Crippen molar-refractivity contribution in [1.29, 1.82) is 5.26 Å². The summed E-state index contributed by atoms with van der Waals surface area (Å²) >= 11 is 0. The van der Waals surface area contributed by atoms with E-state index in [9.17, 15) is 10.1 Å². The van der Waals surface area contributed by atoms with E-state index in [1.807, 2.05) is 0 Å². The number of carbonyl (C=O) groups excluding carboxylic acids is 1. The zero-order valence-corrected chi connectivity index (χ0v) is 19.9. The molecule has 0 aliphatic heterocycles. The van der Waals surface area contributed by atoms with Crippen molar-refractivity contribution in [2.75, 3.05) is 0 Å². The van der Waals surface area contributed by atoms with Gasteiger partial charge in [0.05, 0.1) is 17.4 Å². The molecule has 0 aromatic carbocycles. The highest BCUT2D eigenvalue weighted by molar-refractivity contribution is 5.72. The molecule has 2 aliphatic carbocycles. The van der Waals surface area contributed by atoms with E-state index in [4.69, 9.17) is 4.74 Å². The zero-order chi connectivity index (χ0) is 21.7. The van der Waals surface area contributed by atoms with E-state index in [-0.39, 0.29) is 23.4 Å². The Bertz CT molecular complexity index is 507. The lowest BCUT2D eigenvalue weighted by Crippen LogP contribution is -2.33. The fourth-order valence-electron chi connectivity index (χ4n) is 5.55. The molecule has 2 rings (SSSR count). The molecule has 30 heavy (non-hydrogen) atoms. The number of nitriles is 1. The summed E-state index contributed by atoms with van der Waals surface area (Å²) in [6.07, 6.45) is 22.2. The summed E-state index contributed by atoms with van der Waals surface area (Å²) in [5.74, 6) is 0.897. The molecule has 0 aromatic heterocycles. The first-order valence-corrected chi connectivity index (χ1v) is 13.2. The number of esters is 1. The van der Waals surface area contributed by atoms with Crippen molar-refractivity contribution in [2.45, 2.75) is 142 Å². The number of hydrogen-bond donors (Lipinski definition) is 0. The van der Waals surface area contributed by atoms with Crippen LogP contribution in [0.25, 0.3) is 0 Å². The quantitative estimate of drug-likeness (QED) is 0.224. The molecule has 2 fully saturated rings. The fraction of sp³-hybridized carbons (Fsp3) is 0.926. The highest BCUT2D eigenvalue weighted by Crippen LogP contribution is 2.43. The standard InChI is InChI=1S/C27H47NO2/c1-3-5-7-9-11-19-27(22-28)20-17-24(18-21-27)26(29)30-25-15-13-23(14-16-25)12-10-8-6-4-2/h23-25H,3-21H2,1-2H3. The molecule has 0 atom stereocenters. The first-order chi connectivity index (χ1) is 14.6. The van der Waals surface area contributed by atoms with Gasteiger partial charge in [-0.15, -0.1) is 0 Å². The van der Waals surface area contributed by atoms with E-state index in [0.717, 1.165) is 57.3 Å². The molecule has 0 aromatic rings. The van der Waals surface area contributed by atoms with Crippen LogP contribution in [0.2, 0.25) is 0 Å². The number of rotatable bonds is 13. The zero-order valence-electron chi connectivity index (χ0n) is 19.9. The molecule has 0 bridgehead atoms. The van der Waals surface area contributed by atoms with Gasteiger partial charge in [-0.25, -0.2) is 0 Å². The second-order valence-electron chi connectivity index (χ2n) is 10.3. The number of nitrogens with zero attached hydrogens (tertiary/aromatic N) is 1. The fourth-order valence-corrected chi connectivity index (χ4v) is 5.55. The first-order valence-electron chi connectivity index (χ1n) is 13.2. The predicted molar refractivity (Wildman–Crippen MR) is 124 cm³/mol. The monoisotopic (exact) mass is 417 g/mol. The normalized spacial score (nSPS) is 29.3. The van der Waals surface area contributed by atoms with Crippen LogP contribution in [0, 0.1) is 28.6 Å². The Kier molecular flexibility index (Phi) is 11.9. The number of unbranched alkanes of at least 4 members (excludes halogenated alkanes) is 7. The maximum Gasteiger partial charge on any atom is 0.309 e. The van der Waals surface area contributed by atoms with Crippen molar-refractivity contribution in [2.24, 2.45) is 17.3 Å². The van der Waals surface area contributed by atoms with E-state index in [1.54, 1.807) is 0 Å². The van der Waals surface area contributed by atoms with Crippen LogP contribution >= 0.6 is 0 Å². The Morgan fingerprint density at radius 1 is 0.867 bits per heavy atom. The molecule has 0 radical (unpaired) electrons. The summed E-state index contributed by atoms with van der Waals surface area (Å²) in [5.41, 5.74) is -0.182. The second kappa shape index (κ2) is 14.1. The molecule has 2 saturated carbocycles. The number of carbonyl (C=O) groups is 1. The highest BCUT2D eigenvalue weighted by Gasteiger charge is 2.38. The van der Waals surface area contributed by atoms with E-state index in [1.165, 1.54) is 70.6 Å². The molecule has 3 nitrogen and oxygen atoms in total.